The largest absolute Gasteiger partial charge is 0.478 e. The third-order valence-corrected chi connectivity index (χ3v) is 3.34. The number of aromatic nitrogens is 2. The highest BCUT2D eigenvalue weighted by Gasteiger charge is 2.14. The molecule has 3 N–H and O–H groups in total. The number of nitrogens with zero attached hydrogens (tertiary/aromatic N) is 2. The van der Waals surface area contributed by atoms with Gasteiger partial charge in [-0.05, 0) is 25.7 Å². The Bertz CT molecular complexity index is 758. The van der Waals surface area contributed by atoms with Gasteiger partial charge in [-0.25, -0.2) is 18.4 Å². The first-order valence-electron chi connectivity index (χ1n) is 7.39. The molecule has 2 rings (SSSR count). The van der Waals surface area contributed by atoms with Gasteiger partial charge in [-0.3, -0.25) is 5.10 Å². The zero-order chi connectivity index (χ0) is 19.0. The summed E-state index contributed by atoms with van der Waals surface area (Å²) < 4.78 is 26.8. The zero-order valence-corrected chi connectivity index (χ0v) is 13.8. The predicted octanol–water partition coefficient (Wildman–Crippen LogP) is 2.05. The van der Waals surface area contributed by atoms with Crippen molar-refractivity contribution in [1.29, 1.82) is 0 Å². The Kier molecular flexibility index (Phi) is 7.67. The van der Waals surface area contributed by atoms with Gasteiger partial charge in [0.1, 0.15) is 0 Å². The summed E-state index contributed by atoms with van der Waals surface area (Å²) in [7, 11) is 1.98. The minimum atomic E-state index is -1.26. The summed E-state index contributed by atoms with van der Waals surface area (Å²) in [5.41, 5.74) is 1.12. The highest BCUT2D eigenvalue weighted by atomic mass is 19.2. The molecular formula is C16H19F2N3O4. The molecular weight excluding hydrogens is 336 g/mol. The average molecular weight is 355 g/mol. The topological polar surface area (TPSA) is 107 Å². The smallest absolute Gasteiger partial charge is 0.328 e. The Labute approximate surface area is 142 Å². The molecule has 0 radical (unpaired) electrons. The molecule has 136 valence electrons. The molecule has 0 bridgehead atoms. The van der Waals surface area contributed by atoms with Crippen LogP contribution in [0.3, 0.4) is 0 Å². The van der Waals surface area contributed by atoms with E-state index in [0.717, 1.165) is 19.2 Å². The number of nitrogens with one attached hydrogen (secondary N) is 1. The van der Waals surface area contributed by atoms with Crippen molar-refractivity contribution in [3.63, 3.8) is 0 Å². The van der Waals surface area contributed by atoms with Crippen molar-refractivity contribution in [2.75, 3.05) is 20.1 Å². The van der Waals surface area contributed by atoms with Crippen molar-refractivity contribution >= 4 is 22.8 Å². The molecule has 1 aromatic carbocycles. The van der Waals surface area contributed by atoms with E-state index in [1.165, 1.54) is 6.07 Å². The van der Waals surface area contributed by atoms with Gasteiger partial charge in [0, 0.05) is 30.8 Å². The number of carboxylic acids is 2. The van der Waals surface area contributed by atoms with Gasteiger partial charge >= 0.3 is 11.9 Å². The average Bonchev–Trinajstić information content (AvgIpc) is 2.98. The summed E-state index contributed by atoms with van der Waals surface area (Å²) in [4.78, 5) is 21.2. The van der Waals surface area contributed by atoms with E-state index in [2.05, 4.69) is 15.1 Å². The molecule has 0 amide bonds. The number of likely N-dealkylation sites (N-methyl/N-ethyl adjacent to an activating group) is 1. The number of H-pyrrole nitrogens is 1. The predicted molar refractivity (Wildman–Crippen MR) is 87.3 cm³/mol. The molecule has 0 aliphatic rings. The van der Waals surface area contributed by atoms with Gasteiger partial charge in [-0.2, -0.15) is 5.10 Å². The SMILES string of the molecule is CCN(C)CCc1[nH]nc2ccc(F)c(F)c12.O=C(O)/C=C/C(=O)O. The summed E-state index contributed by atoms with van der Waals surface area (Å²) in [5, 5.41) is 22.6. The number of fused-ring (bicyclic) bond motifs is 1. The van der Waals surface area contributed by atoms with Gasteiger partial charge in [-0.15, -0.1) is 0 Å². The molecule has 0 atom stereocenters. The Morgan fingerprint density at radius 1 is 1.24 bits per heavy atom. The summed E-state index contributed by atoms with van der Waals surface area (Å²) in [6, 6.07) is 2.58. The van der Waals surface area contributed by atoms with Crippen LogP contribution in [0.25, 0.3) is 10.9 Å². The standard InChI is InChI=1S/C12H15F2N3.C4H4O4/c1-3-17(2)7-6-10-11-9(15-16-10)5-4-8(13)12(11)14;5-3(6)1-2-4(7)8/h4-5H,3,6-7H2,1-2H3,(H,15,16);1-2H,(H,5,6)(H,7,8)/b;2-1+. The molecule has 0 aliphatic heterocycles. The third-order valence-electron chi connectivity index (χ3n) is 3.34. The van der Waals surface area contributed by atoms with Crippen LogP contribution < -0.4 is 0 Å². The molecule has 0 spiro atoms. The lowest BCUT2D eigenvalue weighted by Gasteiger charge is -2.12. The quantitative estimate of drug-likeness (QED) is 0.685. The van der Waals surface area contributed by atoms with Gasteiger partial charge in [0.2, 0.25) is 0 Å². The number of hydrogen-bond donors (Lipinski definition) is 3. The molecule has 1 aromatic heterocycles. The Morgan fingerprint density at radius 2 is 1.84 bits per heavy atom. The number of aromatic amines is 1. The van der Waals surface area contributed by atoms with Gasteiger partial charge in [0.25, 0.3) is 0 Å². The first-order valence-corrected chi connectivity index (χ1v) is 7.39. The van der Waals surface area contributed by atoms with E-state index in [1.54, 1.807) is 0 Å². The van der Waals surface area contributed by atoms with Crippen molar-refractivity contribution in [3.05, 3.63) is 41.6 Å². The second kappa shape index (κ2) is 9.48. The Balaban J connectivity index is 0.000000333. The lowest BCUT2D eigenvalue weighted by atomic mass is 10.1. The van der Waals surface area contributed by atoms with Crippen molar-refractivity contribution in [3.8, 4) is 0 Å². The van der Waals surface area contributed by atoms with Crippen LogP contribution in [0.2, 0.25) is 0 Å². The van der Waals surface area contributed by atoms with Gasteiger partial charge in [0.05, 0.1) is 10.9 Å². The highest BCUT2D eigenvalue weighted by Crippen LogP contribution is 2.22. The molecule has 25 heavy (non-hydrogen) atoms. The molecule has 0 fully saturated rings. The van der Waals surface area contributed by atoms with Crippen LogP contribution in [0, 0.1) is 11.6 Å². The van der Waals surface area contributed by atoms with Crippen LogP contribution in [0.15, 0.2) is 24.3 Å². The zero-order valence-electron chi connectivity index (χ0n) is 13.8. The number of hydrogen-bond acceptors (Lipinski definition) is 4. The maximum absolute atomic E-state index is 13.6. The maximum Gasteiger partial charge on any atom is 0.328 e. The van der Waals surface area contributed by atoms with Crippen molar-refractivity contribution in [1.82, 2.24) is 15.1 Å². The van der Waals surface area contributed by atoms with Crippen LogP contribution in [0.4, 0.5) is 8.78 Å². The Morgan fingerprint density at radius 3 is 2.36 bits per heavy atom. The number of carbonyl (C=O) groups is 2. The lowest BCUT2D eigenvalue weighted by Crippen LogP contribution is -2.20. The number of halogens is 2. The van der Waals surface area contributed by atoms with Crippen LogP contribution in [0.5, 0.6) is 0 Å². The van der Waals surface area contributed by atoms with E-state index in [1.807, 2.05) is 14.0 Å². The van der Waals surface area contributed by atoms with Crippen LogP contribution in [-0.2, 0) is 16.0 Å². The van der Waals surface area contributed by atoms with E-state index < -0.39 is 23.6 Å². The summed E-state index contributed by atoms with van der Waals surface area (Å²) in [6.45, 7) is 3.75. The molecule has 0 saturated carbocycles. The highest BCUT2D eigenvalue weighted by molar-refractivity contribution is 5.89. The lowest BCUT2D eigenvalue weighted by molar-refractivity contribution is -0.134. The molecule has 7 nitrogen and oxygen atoms in total. The molecule has 2 aromatic rings. The fraction of sp³-hybridized carbons (Fsp3) is 0.312. The molecule has 0 aliphatic carbocycles. The summed E-state index contributed by atoms with van der Waals surface area (Å²) >= 11 is 0. The first-order chi connectivity index (χ1) is 11.8. The van der Waals surface area contributed by atoms with Gasteiger partial charge in [-0.1, -0.05) is 6.92 Å². The number of aliphatic carboxylic acids is 2. The number of carboxylic acid groups (broad SMARTS) is 2. The first kappa shape index (κ1) is 20.2. The Hall–Kier alpha value is -2.81. The monoisotopic (exact) mass is 355 g/mol. The van der Waals surface area contributed by atoms with Gasteiger partial charge in [0.15, 0.2) is 11.6 Å². The van der Waals surface area contributed by atoms with E-state index in [0.29, 0.717) is 29.8 Å². The summed E-state index contributed by atoms with van der Waals surface area (Å²) in [5.74, 6) is -4.16. The normalized spacial score (nSPS) is 10.9. The molecule has 0 saturated heterocycles. The third kappa shape index (κ3) is 6.30. The van der Waals surface area contributed by atoms with E-state index in [-0.39, 0.29) is 5.39 Å². The second-order valence-electron chi connectivity index (χ2n) is 5.11. The van der Waals surface area contributed by atoms with Crippen molar-refractivity contribution < 1.29 is 28.6 Å². The minimum Gasteiger partial charge on any atom is -0.478 e. The minimum absolute atomic E-state index is 0.273. The van der Waals surface area contributed by atoms with E-state index in [4.69, 9.17) is 10.2 Å². The van der Waals surface area contributed by atoms with Crippen LogP contribution >= 0.6 is 0 Å². The fourth-order valence-electron chi connectivity index (χ4n) is 1.89. The molecule has 0 unspecified atom stereocenters. The maximum atomic E-state index is 13.6. The molecule has 1 heterocycles. The van der Waals surface area contributed by atoms with Gasteiger partial charge < -0.3 is 15.1 Å². The van der Waals surface area contributed by atoms with Crippen molar-refractivity contribution in [2.45, 2.75) is 13.3 Å². The van der Waals surface area contributed by atoms with E-state index >= 15 is 0 Å². The van der Waals surface area contributed by atoms with E-state index in [9.17, 15) is 18.4 Å². The summed E-state index contributed by atoms with van der Waals surface area (Å²) in [6.07, 6.45) is 1.74. The van der Waals surface area contributed by atoms with Crippen LogP contribution in [0.1, 0.15) is 12.6 Å². The second-order valence-corrected chi connectivity index (χ2v) is 5.11. The van der Waals surface area contributed by atoms with Crippen molar-refractivity contribution in [2.24, 2.45) is 0 Å². The molecule has 9 heteroatoms. The number of rotatable bonds is 6. The van der Waals surface area contributed by atoms with Crippen LogP contribution in [-0.4, -0.2) is 57.4 Å². The fourth-order valence-corrected chi connectivity index (χ4v) is 1.89. The number of benzene rings is 1.